The summed E-state index contributed by atoms with van der Waals surface area (Å²) in [6, 6.07) is 8.08. The van der Waals surface area contributed by atoms with Crippen molar-refractivity contribution in [2.24, 2.45) is 0 Å². The Hall–Kier alpha value is -1.49. The Bertz CT molecular complexity index is 415. The largest absolute Gasteiger partial charge is 0.474 e. The average Bonchev–Trinajstić information content (AvgIpc) is 2.30. The zero-order chi connectivity index (χ0) is 13.5. The molecule has 0 aliphatic rings. The molecular formula is C13H17NO3S. The van der Waals surface area contributed by atoms with Crippen molar-refractivity contribution < 1.29 is 14.7 Å². The highest BCUT2D eigenvalue weighted by molar-refractivity contribution is 7.99. The number of amides is 1. The van der Waals surface area contributed by atoms with Crippen LogP contribution in [0.25, 0.3) is 0 Å². The molecule has 0 heterocycles. The van der Waals surface area contributed by atoms with Gasteiger partial charge in [-0.2, -0.15) is 0 Å². The lowest BCUT2D eigenvalue weighted by molar-refractivity contribution is -0.150. The van der Waals surface area contributed by atoms with Crippen molar-refractivity contribution in [2.75, 3.05) is 6.54 Å². The number of rotatable bonds is 5. The fraction of sp³-hybridized carbons (Fsp3) is 0.385. The first-order valence-corrected chi connectivity index (χ1v) is 6.63. The Balaban J connectivity index is 2.39. The number of benzene rings is 1. The predicted octanol–water partition coefficient (Wildman–Crippen LogP) is 1.93. The van der Waals surface area contributed by atoms with Gasteiger partial charge in [-0.05, 0) is 24.1 Å². The summed E-state index contributed by atoms with van der Waals surface area (Å²) in [6.07, 6.45) is 0.631. The van der Waals surface area contributed by atoms with Crippen molar-refractivity contribution in [1.29, 1.82) is 0 Å². The average molecular weight is 267 g/mol. The van der Waals surface area contributed by atoms with E-state index in [1.807, 2.05) is 24.3 Å². The van der Waals surface area contributed by atoms with Crippen LogP contribution in [0.1, 0.15) is 19.4 Å². The molecule has 1 aromatic rings. The maximum Gasteiger partial charge on any atom is 0.394 e. The lowest BCUT2D eigenvalue weighted by atomic mass is 10.1. The first-order valence-electron chi connectivity index (χ1n) is 5.75. The number of carbonyl (C=O) groups excluding carboxylic acids is 1. The van der Waals surface area contributed by atoms with Crippen molar-refractivity contribution in [2.45, 2.75) is 30.4 Å². The molecule has 0 saturated carbocycles. The van der Waals surface area contributed by atoms with E-state index in [1.165, 1.54) is 4.90 Å². The SMILES string of the molecule is CC(C)Sc1ccc(CCNC(=O)C(=O)O)cc1. The third kappa shape index (κ3) is 5.23. The summed E-state index contributed by atoms with van der Waals surface area (Å²) in [5, 5.41) is 11.3. The van der Waals surface area contributed by atoms with E-state index in [0.717, 1.165) is 5.56 Å². The Morgan fingerprint density at radius 1 is 1.28 bits per heavy atom. The van der Waals surface area contributed by atoms with Crippen molar-refractivity contribution >= 4 is 23.6 Å². The number of aliphatic carboxylic acids is 1. The van der Waals surface area contributed by atoms with Gasteiger partial charge in [-0.15, -0.1) is 11.8 Å². The molecular weight excluding hydrogens is 250 g/mol. The van der Waals surface area contributed by atoms with Gasteiger partial charge in [0.05, 0.1) is 0 Å². The maximum absolute atomic E-state index is 10.8. The number of carboxylic acids is 1. The van der Waals surface area contributed by atoms with Crippen LogP contribution < -0.4 is 5.32 Å². The van der Waals surface area contributed by atoms with E-state index in [2.05, 4.69) is 19.2 Å². The van der Waals surface area contributed by atoms with Crippen molar-refractivity contribution in [1.82, 2.24) is 5.32 Å². The molecule has 0 aliphatic heterocycles. The molecule has 1 rings (SSSR count). The van der Waals surface area contributed by atoms with Gasteiger partial charge in [0.15, 0.2) is 0 Å². The van der Waals surface area contributed by atoms with Crippen LogP contribution in [-0.4, -0.2) is 28.8 Å². The molecule has 98 valence electrons. The minimum absolute atomic E-state index is 0.335. The number of carboxylic acid groups (broad SMARTS) is 1. The lowest BCUT2D eigenvalue weighted by Gasteiger charge is -2.06. The zero-order valence-electron chi connectivity index (χ0n) is 10.5. The summed E-state index contributed by atoms with van der Waals surface area (Å²) in [6.45, 7) is 4.61. The van der Waals surface area contributed by atoms with E-state index in [0.29, 0.717) is 18.2 Å². The highest BCUT2D eigenvalue weighted by Crippen LogP contribution is 2.22. The van der Waals surface area contributed by atoms with Gasteiger partial charge < -0.3 is 10.4 Å². The molecule has 1 amide bonds. The van der Waals surface area contributed by atoms with Crippen LogP contribution in [0.2, 0.25) is 0 Å². The van der Waals surface area contributed by atoms with Gasteiger partial charge in [0.2, 0.25) is 0 Å². The van der Waals surface area contributed by atoms with E-state index in [9.17, 15) is 9.59 Å². The van der Waals surface area contributed by atoms with Crippen LogP contribution >= 0.6 is 11.8 Å². The standard InChI is InChI=1S/C13H17NO3S/c1-9(2)18-11-5-3-10(4-6-11)7-8-14-12(15)13(16)17/h3-6,9H,7-8H2,1-2H3,(H,14,15)(H,16,17). The predicted molar refractivity (Wildman–Crippen MR) is 71.8 cm³/mol. The Labute approximate surface area is 111 Å². The van der Waals surface area contributed by atoms with E-state index < -0.39 is 11.9 Å². The summed E-state index contributed by atoms with van der Waals surface area (Å²) in [5.74, 6) is -2.40. The highest BCUT2D eigenvalue weighted by Gasteiger charge is 2.09. The summed E-state index contributed by atoms with van der Waals surface area (Å²) in [7, 11) is 0. The molecule has 0 saturated heterocycles. The third-order valence-electron chi connectivity index (χ3n) is 2.19. The second-order valence-corrected chi connectivity index (χ2v) is 5.77. The van der Waals surface area contributed by atoms with Gasteiger partial charge in [-0.1, -0.05) is 26.0 Å². The normalized spacial score (nSPS) is 10.4. The molecule has 0 radical (unpaired) electrons. The molecule has 0 fully saturated rings. The number of carbonyl (C=O) groups is 2. The van der Waals surface area contributed by atoms with Crippen molar-refractivity contribution in [3.63, 3.8) is 0 Å². The Morgan fingerprint density at radius 3 is 2.39 bits per heavy atom. The number of nitrogens with one attached hydrogen (secondary N) is 1. The van der Waals surface area contributed by atoms with Gasteiger partial charge in [0, 0.05) is 16.7 Å². The molecule has 0 spiro atoms. The number of hydrogen-bond acceptors (Lipinski definition) is 3. The van der Waals surface area contributed by atoms with Crippen LogP contribution in [0.15, 0.2) is 29.2 Å². The monoisotopic (exact) mass is 267 g/mol. The van der Waals surface area contributed by atoms with Gasteiger partial charge in [-0.25, -0.2) is 4.79 Å². The molecule has 1 aromatic carbocycles. The van der Waals surface area contributed by atoms with E-state index in [1.54, 1.807) is 11.8 Å². The Morgan fingerprint density at radius 2 is 1.89 bits per heavy atom. The maximum atomic E-state index is 10.8. The summed E-state index contributed by atoms with van der Waals surface area (Å²) < 4.78 is 0. The van der Waals surface area contributed by atoms with E-state index in [4.69, 9.17) is 5.11 Å². The summed E-state index contributed by atoms with van der Waals surface area (Å²) in [4.78, 5) is 22.3. The highest BCUT2D eigenvalue weighted by atomic mass is 32.2. The first-order chi connectivity index (χ1) is 8.49. The third-order valence-corrected chi connectivity index (χ3v) is 3.20. The molecule has 0 aliphatic carbocycles. The first kappa shape index (κ1) is 14.6. The molecule has 4 nitrogen and oxygen atoms in total. The van der Waals surface area contributed by atoms with Crippen molar-refractivity contribution in [3.05, 3.63) is 29.8 Å². The van der Waals surface area contributed by atoms with Gasteiger partial charge in [-0.3, -0.25) is 4.79 Å². The number of thioether (sulfide) groups is 1. The molecule has 18 heavy (non-hydrogen) atoms. The lowest BCUT2D eigenvalue weighted by Crippen LogP contribution is -2.32. The second kappa shape index (κ2) is 7.06. The molecule has 0 unspecified atom stereocenters. The minimum Gasteiger partial charge on any atom is -0.474 e. The van der Waals surface area contributed by atoms with Crippen LogP contribution in [0.4, 0.5) is 0 Å². The van der Waals surface area contributed by atoms with E-state index >= 15 is 0 Å². The number of hydrogen-bond donors (Lipinski definition) is 2. The molecule has 0 aromatic heterocycles. The van der Waals surface area contributed by atoms with Crippen LogP contribution in [-0.2, 0) is 16.0 Å². The fourth-order valence-electron chi connectivity index (χ4n) is 1.40. The van der Waals surface area contributed by atoms with Crippen LogP contribution in [0.3, 0.4) is 0 Å². The molecule has 0 atom stereocenters. The molecule has 5 heteroatoms. The molecule has 2 N–H and O–H groups in total. The van der Waals surface area contributed by atoms with Crippen molar-refractivity contribution in [3.8, 4) is 0 Å². The Kier molecular flexibility index (Phi) is 5.71. The zero-order valence-corrected chi connectivity index (χ0v) is 11.3. The van der Waals surface area contributed by atoms with Gasteiger partial charge in [0.1, 0.15) is 0 Å². The second-order valence-electron chi connectivity index (χ2n) is 4.12. The summed E-state index contributed by atoms with van der Waals surface area (Å²) in [5.41, 5.74) is 1.08. The summed E-state index contributed by atoms with van der Waals surface area (Å²) >= 11 is 1.79. The van der Waals surface area contributed by atoms with Crippen LogP contribution in [0.5, 0.6) is 0 Å². The van der Waals surface area contributed by atoms with Gasteiger partial charge in [0.25, 0.3) is 0 Å². The molecule has 0 bridgehead atoms. The smallest absolute Gasteiger partial charge is 0.394 e. The topological polar surface area (TPSA) is 66.4 Å². The van der Waals surface area contributed by atoms with Gasteiger partial charge >= 0.3 is 11.9 Å². The fourth-order valence-corrected chi connectivity index (χ4v) is 2.24. The quantitative estimate of drug-likeness (QED) is 0.632. The van der Waals surface area contributed by atoms with E-state index in [-0.39, 0.29) is 0 Å². The van der Waals surface area contributed by atoms with Crippen LogP contribution in [0, 0.1) is 0 Å². The minimum atomic E-state index is -1.45.